The number of sulfonamides is 1. The largest absolute Gasteiger partial charge is 0.439 e. The van der Waals surface area contributed by atoms with Crippen molar-refractivity contribution in [1.29, 1.82) is 0 Å². The van der Waals surface area contributed by atoms with Crippen LogP contribution in [0.3, 0.4) is 0 Å². The van der Waals surface area contributed by atoms with Crippen LogP contribution < -0.4 is 10.0 Å². The van der Waals surface area contributed by atoms with Gasteiger partial charge in [-0.25, -0.2) is 17.8 Å². The van der Waals surface area contributed by atoms with E-state index < -0.39 is 33.4 Å². The average Bonchev–Trinajstić information content (AvgIpc) is 2.95. The number of carbonyl (C=O) groups is 1. The number of carbonyl (C=O) groups excluding carboxylic acids is 1. The van der Waals surface area contributed by atoms with E-state index in [1.54, 1.807) is 25.1 Å². The van der Waals surface area contributed by atoms with Crippen LogP contribution in [0.25, 0.3) is 11.1 Å². The number of amides is 1. The lowest BCUT2D eigenvalue weighted by Gasteiger charge is -2.14. The third-order valence-corrected chi connectivity index (χ3v) is 5.28. The van der Waals surface area contributed by atoms with E-state index in [1.165, 1.54) is 25.1 Å². The highest BCUT2D eigenvalue weighted by atomic mass is 32.2. The quantitative estimate of drug-likeness (QED) is 0.671. The summed E-state index contributed by atoms with van der Waals surface area (Å²) in [4.78, 5) is 16.6. The Balaban J connectivity index is 1.69. The van der Waals surface area contributed by atoms with Crippen LogP contribution in [0, 0.1) is 18.7 Å². The van der Waals surface area contributed by atoms with E-state index in [0.29, 0.717) is 22.7 Å². The monoisotopic (exact) mass is 391 g/mol. The molecule has 27 heavy (non-hydrogen) atoms. The van der Waals surface area contributed by atoms with Gasteiger partial charge >= 0.3 is 0 Å². The number of oxazole rings is 1. The Labute approximate surface area is 155 Å². The molecule has 1 aromatic heterocycles. The fourth-order valence-electron chi connectivity index (χ4n) is 2.59. The molecule has 0 aliphatic carbocycles. The van der Waals surface area contributed by atoms with E-state index in [0.717, 1.165) is 6.07 Å². The fraction of sp³-hybridized carbons (Fsp3) is 0.222. The molecule has 3 rings (SSSR count). The van der Waals surface area contributed by atoms with Crippen molar-refractivity contribution < 1.29 is 22.0 Å². The SMILES string of the molecule is Cc1nc2cccc(NC(=O)C(C)CS(=O)(=O)Nc3cccc(F)c3)c2o1. The van der Waals surface area contributed by atoms with Crippen LogP contribution in [-0.2, 0) is 14.8 Å². The second-order valence-electron chi connectivity index (χ2n) is 6.17. The highest BCUT2D eigenvalue weighted by Crippen LogP contribution is 2.24. The van der Waals surface area contributed by atoms with Gasteiger partial charge in [-0.3, -0.25) is 9.52 Å². The Bertz CT molecular complexity index is 1090. The molecule has 7 nitrogen and oxygen atoms in total. The zero-order valence-electron chi connectivity index (χ0n) is 14.7. The van der Waals surface area contributed by atoms with Crippen molar-refractivity contribution in [3.8, 4) is 0 Å². The van der Waals surface area contributed by atoms with Gasteiger partial charge in [-0.2, -0.15) is 0 Å². The first-order chi connectivity index (χ1) is 12.7. The molecule has 0 aliphatic heterocycles. The Hall–Kier alpha value is -2.94. The van der Waals surface area contributed by atoms with Crippen LogP contribution in [0.2, 0.25) is 0 Å². The van der Waals surface area contributed by atoms with Crippen LogP contribution in [0.15, 0.2) is 46.9 Å². The Kier molecular flexibility index (Phi) is 5.13. The molecule has 2 N–H and O–H groups in total. The molecule has 142 valence electrons. The lowest BCUT2D eigenvalue weighted by Crippen LogP contribution is -2.29. The molecule has 0 aliphatic rings. The molecule has 3 aromatic rings. The molecule has 0 saturated heterocycles. The van der Waals surface area contributed by atoms with Crippen molar-refractivity contribution in [2.24, 2.45) is 5.92 Å². The molecule has 1 unspecified atom stereocenters. The summed E-state index contributed by atoms with van der Waals surface area (Å²) in [7, 11) is -3.84. The van der Waals surface area contributed by atoms with Crippen molar-refractivity contribution in [2.45, 2.75) is 13.8 Å². The summed E-state index contributed by atoms with van der Waals surface area (Å²) in [6.45, 7) is 3.19. The number of halogens is 1. The zero-order chi connectivity index (χ0) is 19.6. The standard InChI is InChI=1S/C18H18FN3O4S/c1-11(10-27(24,25)22-14-6-3-5-13(19)9-14)18(23)21-16-8-4-7-15-17(16)26-12(2)20-15/h3-9,11,22H,10H2,1-2H3,(H,21,23). The lowest BCUT2D eigenvalue weighted by molar-refractivity contribution is -0.118. The van der Waals surface area contributed by atoms with Crippen LogP contribution in [0.5, 0.6) is 0 Å². The molecule has 1 atom stereocenters. The van der Waals surface area contributed by atoms with Gasteiger partial charge in [0.1, 0.15) is 11.3 Å². The summed E-state index contributed by atoms with van der Waals surface area (Å²) in [6, 6.07) is 10.2. The number of nitrogens with one attached hydrogen (secondary N) is 2. The molecule has 0 spiro atoms. The smallest absolute Gasteiger partial charge is 0.233 e. The number of rotatable bonds is 6. The normalized spacial score (nSPS) is 12.7. The zero-order valence-corrected chi connectivity index (χ0v) is 15.5. The van der Waals surface area contributed by atoms with E-state index in [9.17, 15) is 17.6 Å². The Morgan fingerprint density at radius 1 is 1.26 bits per heavy atom. The van der Waals surface area contributed by atoms with E-state index >= 15 is 0 Å². The van der Waals surface area contributed by atoms with Gasteiger partial charge in [0, 0.05) is 6.92 Å². The molecular weight excluding hydrogens is 373 g/mol. The number of aromatic nitrogens is 1. The third kappa shape index (κ3) is 4.62. The number of benzene rings is 2. The highest BCUT2D eigenvalue weighted by Gasteiger charge is 2.23. The van der Waals surface area contributed by atoms with Crippen molar-refractivity contribution in [3.63, 3.8) is 0 Å². The highest BCUT2D eigenvalue weighted by molar-refractivity contribution is 7.92. The lowest BCUT2D eigenvalue weighted by atomic mass is 10.2. The maximum absolute atomic E-state index is 13.2. The van der Waals surface area contributed by atoms with Crippen LogP contribution >= 0.6 is 0 Å². The first kappa shape index (κ1) is 18.8. The number of hydrogen-bond donors (Lipinski definition) is 2. The van der Waals surface area contributed by atoms with Crippen molar-refractivity contribution in [3.05, 3.63) is 54.2 Å². The molecule has 0 radical (unpaired) electrons. The number of fused-ring (bicyclic) bond motifs is 1. The molecule has 9 heteroatoms. The summed E-state index contributed by atoms with van der Waals surface area (Å²) in [5.41, 5.74) is 1.54. The minimum absolute atomic E-state index is 0.101. The van der Waals surface area contributed by atoms with Gasteiger partial charge < -0.3 is 9.73 Å². The van der Waals surface area contributed by atoms with Gasteiger partial charge in [-0.1, -0.05) is 19.1 Å². The number of hydrogen-bond acceptors (Lipinski definition) is 5. The second-order valence-corrected chi connectivity index (χ2v) is 7.94. The minimum atomic E-state index is -3.84. The van der Waals surface area contributed by atoms with Crippen molar-refractivity contribution >= 4 is 38.4 Å². The molecule has 0 saturated carbocycles. The van der Waals surface area contributed by atoms with Gasteiger partial charge in [-0.05, 0) is 30.3 Å². The average molecular weight is 391 g/mol. The number of aryl methyl sites for hydroxylation is 1. The van der Waals surface area contributed by atoms with Crippen LogP contribution in [-0.4, -0.2) is 25.1 Å². The Morgan fingerprint density at radius 2 is 2.00 bits per heavy atom. The van der Waals surface area contributed by atoms with Gasteiger partial charge in [-0.15, -0.1) is 0 Å². The summed E-state index contributed by atoms with van der Waals surface area (Å²) in [5, 5.41) is 2.67. The predicted octanol–water partition coefficient (Wildman–Crippen LogP) is 3.29. The number of para-hydroxylation sites is 1. The van der Waals surface area contributed by atoms with Crippen molar-refractivity contribution in [2.75, 3.05) is 15.8 Å². The minimum Gasteiger partial charge on any atom is -0.439 e. The van der Waals surface area contributed by atoms with Crippen molar-refractivity contribution in [1.82, 2.24) is 4.98 Å². The maximum atomic E-state index is 13.2. The predicted molar refractivity (Wildman–Crippen MR) is 100 cm³/mol. The third-order valence-electron chi connectivity index (χ3n) is 3.79. The van der Waals surface area contributed by atoms with E-state index in [-0.39, 0.29) is 5.69 Å². The van der Waals surface area contributed by atoms with Gasteiger partial charge in [0.05, 0.1) is 23.0 Å². The molecular formula is C18H18FN3O4S. The summed E-state index contributed by atoms with van der Waals surface area (Å²) in [6.07, 6.45) is 0. The molecule has 1 heterocycles. The van der Waals surface area contributed by atoms with Crippen LogP contribution in [0.1, 0.15) is 12.8 Å². The fourth-order valence-corrected chi connectivity index (χ4v) is 3.97. The van der Waals surface area contributed by atoms with Crippen LogP contribution in [0.4, 0.5) is 15.8 Å². The van der Waals surface area contributed by atoms with E-state index in [2.05, 4.69) is 15.0 Å². The first-order valence-electron chi connectivity index (χ1n) is 8.16. The summed E-state index contributed by atoms with van der Waals surface area (Å²) >= 11 is 0. The summed E-state index contributed by atoms with van der Waals surface area (Å²) in [5.74, 6) is -1.89. The van der Waals surface area contributed by atoms with Gasteiger partial charge in [0.15, 0.2) is 11.5 Å². The van der Waals surface area contributed by atoms with Gasteiger partial charge in [0.25, 0.3) is 0 Å². The first-order valence-corrected chi connectivity index (χ1v) is 9.82. The van der Waals surface area contributed by atoms with E-state index in [1.807, 2.05) is 0 Å². The molecule has 0 fully saturated rings. The maximum Gasteiger partial charge on any atom is 0.233 e. The second kappa shape index (κ2) is 7.36. The van der Waals surface area contributed by atoms with Gasteiger partial charge in [0.2, 0.25) is 15.9 Å². The Morgan fingerprint density at radius 3 is 2.74 bits per heavy atom. The number of nitrogens with zero attached hydrogens (tertiary/aromatic N) is 1. The molecule has 2 aromatic carbocycles. The van der Waals surface area contributed by atoms with E-state index in [4.69, 9.17) is 4.42 Å². The summed E-state index contributed by atoms with van der Waals surface area (Å²) < 4.78 is 45.4. The molecule has 0 bridgehead atoms. The molecule has 1 amide bonds. The number of anilines is 2. The topological polar surface area (TPSA) is 101 Å².